The van der Waals surface area contributed by atoms with Crippen molar-refractivity contribution in [3.05, 3.63) is 53.1 Å². The van der Waals surface area contributed by atoms with Crippen molar-refractivity contribution in [3.8, 4) is 0 Å². The van der Waals surface area contributed by atoms with Gasteiger partial charge in [-0.15, -0.1) is 0 Å². The summed E-state index contributed by atoms with van der Waals surface area (Å²) in [6.45, 7) is 8.32. The highest BCUT2D eigenvalue weighted by Gasteiger charge is 2.02. The van der Waals surface area contributed by atoms with E-state index in [1.54, 1.807) is 0 Å². The van der Waals surface area contributed by atoms with Crippen molar-refractivity contribution in [2.45, 2.75) is 53.4 Å². The number of rotatable bonds is 7. The molecule has 0 aromatic heterocycles. The van der Waals surface area contributed by atoms with E-state index in [1.807, 2.05) is 6.92 Å². The number of carbonyl (C=O) groups is 1. The summed E-state index contributed by atoms with van der Waals surface area (Å²) in [7, 11) is 0. The van der Waals surface area contributed by atoms with Crippen LogP contribution in [0.25, 0.3) is 5.57 Å². The van der Waals surface area contributed by atoms with Gasteiger partial charge >= 0.3 is 0 Å². The summed E-state index contributed by atoms with van der Waals surface area (Å²) < 4.78 is 0. The van der Waals surface area contributed by atoms with Gasteiger partial charge in [-0.1, -0.05) is 55.8 Å². The molecule has 1 rings (SSSR count). The van der Waals surface area contributed by atoms with E-state index < -0.39 is 0 Å². The van der Waals surface area contributed by atoms with Crippen LogP contribution in [0.15, 0.2) is 42.0 Å². The monoisotopic (exact) mass is 270 g/mol. The first-order valence-electron chi connectivity index (χ1n) is 7.52. The average molecular weight is 270 g/mol. The molecule has 0 saturated carbocycles. The Balaban J connectivity index is 2.81. The maximum Gasteiger partial charge on any atom is 0.132 e. The Hall–Kier alpha value is -1.63. The first kappa shape index (κ1) is 16.4. The first-order chi connectivity index (χ1) is 9.56. The molecule has 1 heteroatoms. The van der Waals surface area contributed by atoms with Crippen molar-refractivity contribution >= 4 is 11.4 Å². The van der Waals surface area contributed by atoms with Crippen LogP contribution in [0.5, 0.6) is 0 Å². The van der Waals surface area contributed by atoms with E-state index in [9.17, 15) is 4.79 Å². The number of allylic oxidation sites excluding steroid dienone is 4. The third-order valence-electron chi connectivity index (χ3n) is 3.24. The van der Waals surface area contributed by atoms with Gasteiger partial charge < -0.3 is 0 Å². The van der Waals surface area contributed by atoms with Crippen molar-refractivity contribution in [3.63, 3.8) is 0 Å². The second-order valence-corrected chi connectivity index (χ2v) is 5.38. The van der Waals surface area contributed by atoms with Crippen molar-refractivity contribution in [2.24, 2.45) is 0 Å². The van der Waals surface area contributed by atoms with Gasteiger partial charge in [-0.05, 0) is 43.4 Å². The van der Waals surface area contributed by atoms with Gasteiger partial charge in [0.25, 0.3) is 0 Å². The molecular weight excluding hydrogens is 244 g/mol. The van der Waals surface area contributed by atoms with Crippen LogP contribution in [-0.2, 0) is 11.2 Å². The second kappa shape index (κ2) is 8.52. The predicted octanol–water partition coefficient (Wildman–Crippen LogP) is 5.36. The molecule has 0 aliphatic carbocycles. The summed E-state index contributed by atoms with van der Waals surface area (Å²) in [5.74, 6) is 0.338. The van der Waals surface area contributed by atoms with Gasteiger partial charge in [-0.25, -0.2) is 0 Å². The highest BCUT2D eigenvalue weighted by molar-refractivity contribution is 5.78. The van der Waals surface area contributed by atoms with Crippen molar-refractivity contribution in [2.75, 3.05) is 0 Å². The molecule has 0 amide bonds. The highest BCUT2D eigenvalue weighted by Crippen LogP contribution is 2.19. The topological polar surface area (TPSA) is 17.1 Å². The molecule has 0 bridgehead atoms. The SMILES string of the molecule is CC/C=C(\C=C(C)C)c1ccc(CCC(=O)CC)cc1. The van der Waals surface area contributed by atoms with Crippen LogP contribution >= 0.6 is 0 Å². The largest absolute Gasteiger partial charge is 0.300 e. The lowest BCUT2D eigenvalue weighted by molar-refractivity contribution is -0.118. The quantitative estimate of drug-likeness (QED) is 0.610. The number of hydrogen-bond acceptors (Lipinski definition) is 1. The molecule has 0 heterocycles. The molecule has 0 spiro atoms. The van der Waals surface area contributed by atoms with Crippen LogP contribution in [0.2, 0.25) is 0 Å². The molecule has 0 saturated heterocycles. The zero-order chi connectivity index (χ0) is 15.0. The molecular formula is C19H26O. The minimum atomic E-state index is 0.338. The lowest BCUT2D eigenvalue weighted by atomic mass is 9.99. The summed E-state index contributed by atoms with van der Waals surface area (Å²) in [4.78, 5) is 11.3. The van der Waals surface area contributed by atoms with E-state index in [0.29, 0.717) is 18.6 Å². The fourth-order valence-corrected chi connectivity index (χ4v) is 2.12. The molecule has 1 aromatic carbocycles. The van der Waals surface area contributed by atoms with E-state index in [4.69, 9.17) is 0 Å². The third-order valence-corrected chi connectivity index (χ3v) is 3.24. The summed E-state index contributed by atoms with van der Waals surface area (Å²) in [6.07, 6.45) is 7.65. The fourth-order valence-electron chi connectivity index (χ4n) is 2.12. The first-order valence-corrected chi connectivity index (χ1v) is 7.52. The van der Waals surface area contributed by atoms with E-state index in [-0.39, 0.29) is 0 Å². The molecule has 0 radical (unpaired) electrons. The molecule has 0 aliphatic rings. The Kier molecular flexibility index (Phi) is 7.00. The van der Waals surface area contributed by atoms with Crippen LogP contribution in [0.3, 0.4) is 0 Å². The average Bonchev–Trinajstić information content (AvgIpc) is 2.44. The summed E-state index contributed by atoms with van der Waals surface area (Å²) >= 11 is 0. The lowest BCUT2D eigenvalue weighted by Crippen LogP contribution is -1.97. The number of aryl methyl sites for hydroxylation is 1. The van der Waals surface area contributed by atoms with Gasteiger partial charge in [0.2, 0.25) is 0 Å². The minimum Gasteiger partial charge on any atom is -0.300 e. The zero-order valence-corrected chi connectivity index (χ0v) is 13.2. The molecule has 0 N–H and O–H groups in total. The van der Waals surface area contributed by atoms with Gasteiger partial charge in [0.15, 0.2) is 0 Å². The predicted molar refractivity (Wildman–Crippen MR) is 87.8 cm³/mol. The summed E-state index contributed by atoms with van der Waals surface area (Å²) in [5, 5.41) is 0. The molecule has 1 aromatic rings. The summed E-state index contributed by atoms with van der Waals surface area (Å²) in [6, 6.07) is 8.60. The number of ketones is 1. The van der Waals surface area contributed by atoms with Crippen molar-refractivity contribution in [1.29, 1.82) is 0 Å². The van der Waals surface area contributed by atoms with Gasteiger partial charge in [-0.2, -0.15) is 0 Å². The van der Waals surface area contributed by atoms with Gasteiger partial charge in [0.05, 0.1) is 0 Å². The molecule has 1 nitrogen and oxygen atoms in total. The van der Waals surface area contributed by atoms with Crippen LogP contribution in [-0.4, -0.2) is 5.78 Å². The standard InChI is InChI=1S/C19H26O/c1-5-7-18(14-15(3)4)17-11-8-16(9-12-17)10-13-19(20)6-2/h7-9,11-12,14H,5-6,10,13H2,1-4H3/b18-7+. The van der Waals surface area contributed by atoms with Gasteiger partial charge in [0.1, 0.15) is 5.78 Å². The smallest absolute Gasteiger partial charge is 0.132 e. The third kappa shape index (κ3) is 5.56. The van der Waals surface area contributed by atoms with Crippen LogP contribution in [0.4, 0.5) is 0 Å². The molecule has 0 unspecified atom stereocenters. The van der Waals surface area contributed by atoms with E-state index in [1.165, 1.54) is 22.3 Å². The molecule has 0 atom stereocenters. The Morgan fingerprint density at radius 1 is 1.10 bits per heavy atom. The Morgan fingerprint density at radius 3 is 2.25 bits per heavy atom. The molecule has 108 valence electrons. The Labute approximate surface area is 123 Å². The van der Waals surface area contributed by atoms with Crippen molar-refractivity contribution in [1.82, 2.24) is 0 Å². The summed E-state index contributed by atoms with van der Waals surface area (Å²) in [5.41, 5.74) is 5.08. The van der Waals surface area contributed by atoms with Crippen molar-refractivity contribution < 1.29 is 4.79 Å². The lowest BCUT2D eigenvalue weighted by Gasteiger charge is -2.06. The van der Waals surface area contributed by atoms with E-state index in [2.05, 4.69) is 57.2 Å². The van der Waals surface area contributed by atoms with Crippen LogP contribution < -0.4 is 0 Å². The van der Waals surface area contributed by atoms with Gasteiger partial charge in [-0.3, -0.25) is 4.79 Å². The molecule has 0 fully saturated rings. The number of hydrogen-bond donors (Lipinski definition) is 0. The molecule has 0 aliphatic heterocycles. The number of carbonyl (C=O) groups excluding carboxylic acids is 1. The van der Waals surface area contributed by atoms with E-state index >= 15 is 0 Å². The fraction of sp³-hybridized carbons (Fsp3) is 0.421. The maximum atomic E-state index is 11.3. The highest BCUT2D eigenvalue weighted by atomic mass is 16.1. The van der Waals surface area contributed by atoms with Crippen LogP contribution in [0, 0.1) is 0 Å². The second-order valence-electron chi connectivity index (χ2n) is 5.38. The number of Topliss-reactive ketones (excluding diaryl/α,β-unsaturated/α-hetero) is 1. The molecule has 20 heavy (non-hydrogen) atoms. The Morgan fingerprint density at radius 2 is 1.75 bits per heavy atom. The van der Waals surface area contributed by atoms with E-state index in [0.717, 1.165) is 12.8 Å². The maximum absolute atomic E-state index is 11.3. The zero-order valence-electron chi connectivity index (χ0n) is 13.2. The van der Waals surface area contributed by atoms with Gasteiger partial charge in [0, 0.05) is 12.8 Å². The minimum absolute atomic E-state index is 0.338. The Bertz CT molecular complexity index is 485. The van der Waals surface area contributed by atoms with Crippen LogP contribution in [0.1, 0.15) is 58.1 Å². The number of benzene rings is 1. The normalized spacial score (nSPS) is 11.3.